The van der Waals surface area contributed by atoms with Gasteiger partial charge in [0.05, 0.1) is 0 Å². The van der Waals surface area contributed by atoms with Crippen molar-refractivity contribution in [2.75, 3.05) is 19.6 Å². The van der Waals surface area contributed by atoms with Crippen LogP contribution in [0.15, 0.2) is 27.6 Å². The minimum absolute atomic E-state index is 0.328. The average molecular weight is 396 g/mol. The minimum Gasteiger partial charge on any atom is -0.303 e. The van der Waals surface area contributed by atoms with Gasteiger partial charge in [0, 0.05) is 15.8 Å². The van der Waals surface area contributed by atoms with Crippen LogP contribution in [0.4, 0.5) is 0 Å². The molecular weight excluding hydrogens is 370 g/mol. The summed E-state index contributed by atoms with van der Waals surface area (Å²) in [6.45, 7) is 5.94. The zero-order chi connectivity index (χ0) is 16.2. The Labute approximate surface area is 152 Å². The molecule has 2 aliphatic rings. The molecule has 0 bridgehead atoms. The van der Waals surface area contributed by atoms with Gasteiger partial charge in [-0.25, -0.2) is 0 Å². The molecule has 1 aromatic rings. The number of thioether (sulfide) groups is 1. The van der Waals surface area contributed by atoms with Gasteiger partial charge in [-0.3, -0.25) is 4.79 Å². The van der Waals surface area contributed by atoms with Gasteiger partial charge in [0.1, 0.15) is 0 Å². The van der Waals surface area contributed by atoms with E-state index in [4.69, 9.17) is 0 Å². The van der Waals surface area contributed by atoms with Gasteiger partial charge >= 0.3 is 0 Å². The Hall–Kier alpha value is -0.320. The van der Waals surface area contributed by atoms with E-state index in [-0.39, 0.29) is 0 Å². The molecule has 4 heteroatoms. The summed E-state index contributed by atoms with van der Waals surface area (Å²) in [6.07, 6.45) is 7.30. The molecular formula is C19H26BrNOS. The molecule has 0 aromatic heterocycles. The highest BCUT2D eigenvalue weighted by Crippen LogP contribution is 2.42. The van der Waals surface area contributed by atoms with Crippen LogP contribution in [0, 0.1) is 5.92 Å². The largest absolute Gasteiger partial charge is 0.303 e. The Balaban J connectivity index is 1.69. The lowest BCUT2D eigenvalue weighted by Crippen LogP contribution is -2.28. The van der Waals surface area contributed by atoms with Crippen LogP contribution in [0.5, 0.6) is 0 Å². The van der Waals surface area contributed by atoms with Crippen LogP contribution >= 0.6 is 27.7 Å². The maximum atomic E-state index is 12.4. The Kier molecular flexibility index (Phi) is 6.22. The predicted octanol–water partition coefficient (Wildman–Crippen LogP) is 5.46. The number of hydrogen-bond acceptors (Lipinski definition) is 3. The molecule has 0 aliphatic carbocycles. The van der Waals surface area contributed by atoms with E-state index in [1.807, 2.05) is 0 Å². The predicted molar refractivity (Wildman–Crippen MR) is 101 cm³/mol. The second-order valence-electron chi connectivity index (χ2n) is 6.95. The summed E-state index contributed by atoms with van der Waals surface area (Å²) in [5, 5.41) is 0.328. The number of nitrogens with zero attached hydrogens (tertiary/aromatic N) is 1. The normalized spacial score (nSPS) is 26.4. The quantitative estimate of drug-likeness (QED) is 0.677. The van der Waals surface area contributed by atoms with Crippen molar-refractivity contribution in [3.05, 3.63) is 28.2 Å². The molecule has 0 amide bonds. The first-order chi connectivity index (χ1) is 11.1. The lowest BCUT2D eigenvalue weighted by Gasteiger charge is -2.26. The van der Waals surface area contributed by atoms with Crippen molar-refractivity contribution in [3.8, 4) is 0 Å². The summed E-state index contributed by atoms with van der Waals surface area (Å²) >= 11 is 4.97. The molecule has 2 atom stereocenters. The molecule has 2 aliphatic heterocycles. The van der Waals surface area contributed by atoms with Crippen LogP contribution in [0.3, 0.4) is 0 Å². The summed E-state index contributed by atoms with van der Waals surface area (Å²) in [5.74, 6) is 0.935. The van der Waals surface area contributed by atoms with Crippen molar-refractivity contribution in [1.82, 2.24) is 4.90 Å². The van der Waals surface area contributed by atoms with E-state index in [9.17, 15) is 4.79 Å². The first-order valence-electron chi connectivity index (χ1n) is 8.86. The van der Waals surface area contributed by atoms with Crippen LogP contribution in [-0.4, -0.2) is 29.6 Å². The fraction of sp³-hybridized carbons (Fsp3) is 0.632. The lowest BCUT2D eigenvalue weighted by molar-refractivity contribution is -0.111. The number of benzene rings is 1. The zero-order valence-electron chi connectivity index (χ0n) is 13.9. The van der Waals surface area contributed by atoms with Crippen molar-refractivity contribution in [1.29, 1.82) is 0 Å². The number of likely N-dealkylation sites (tertiary alicyclic amines) is 1. The Bertz CT molecular complexity index is 554. The summed E-state index contributed by atoms with van der Waals surface area (Å²) in [4.78, 5) is 16.1. The Morgan fingerprint density at radius 3 is 2.70 bits per heavy atom. The van der Waals surface area contributed by atoms with Crippen LogP contribution in [0.25, 0.3) is 0 Å². The third-order valence-electron chi connectivity index (χ3n) is 5.34. The van der Waals surface area contributed by atoms with Gasteiger partial charge in [0.25, 0.3) is 0 Å². The molecule has 2 nitrogen and oxygen atoms in total. The molecule has 126 valence electrons. The van der Waals surface area contributed by atoms with Crippen molar-refractivity contribution in [2.45, 2.75) is 56.3 Å². The molecule has 0 radical (unpaired) electrons. The van der Waals surface area contributed by atoms with E-state index in [2.05, 4.69) is 46.0 Å². The molecule has 2 unspecified atom stereocenters. The van der Waals surface area contributed by atoms with Gasteiger partial charge in [-0.05, 0) is 68.4 Å². The zero-order valence-corrected chi connectivity index (χ0v) is 16.3. The highest BCUT2D eigenvalue weighted by Gasteiger charge is 2.29. The average Bonchev–Trinajstić information content (AvgIpc) is 2.84. The van der Waals surface area contributed by atoms with Gasteiger partial charge in [0.15, 0.2) is 5.12 Å². The van der Waals surface area contributed by atoms with Gasteiger partial charge in [0.2, 0.25) is 0 Å². The molecule has 1 saturated heterocycles. The van der Waals surface area contributed by atoms with E-state index in [0.29, 0.717) is 23.4 Å². The highest BCUT2D eigenvalue weighted by molar-refractivity contribution is 9.10. The topological polar surface area (TPSA) is 20.3 Å². The Morgan fingerprint density at radius 1 is 1.22 bits per heavy atom. The molecule has 0 spiro atoms. The molecule has 0 saturated carbocycles. The fourth-order valence-electron chi connectivity index (χ4n) is 3.84. The number of carbonyl (C=O) groups excluding carboxylic acids is 1. The summed E-state index contributed by atoms with van der Waals surface area (Å²) in [5.41, 5.74) is 1.35. The molecule has 2 heterocycles. The van der Waals surface area contributed by atoms with E-state index >= 15 is 0 Å². The summed E-state index contributed by atoms with van der Waals surface area (Å²) in [6, 6.07) is 6.41. The van der Waals surface area contributed by atoms with Crippen LogP contribution < -0.4 is 0 Å². The van der Waals surface area contributed by atoms with Crippen molar-refractivity contribution >= 4 is 32.8 Å². The number of halogens is 1. The molecule has 1 aromatic carbocycles. The van der Waals surface area contributed by atoms with E-state index in [1.54, 1.807) is 0 Å². The fourth-order valence-corrected chi connectivity index (χ4v) is 5.46. The number of fused-ring (bicyclic) bond motifs is 1. The second kappa shape index (κ2) is 8.17. The second-order valence-corrected chi connectivity index (χ2v) is 8.97. The smallest absolute Gasteiger partial charge is 0.193 e. The maximum Gasteiger partial charge on any atom is 0.193 e. The van der Waals surface area contributed by atoms with Gasteiger partial charge < -0.3 is 4.90 Å². The first kappa shape index (κ1) is 17.5. The van der Waals surface area contributed by atoms with Gasteiger partial charge in [-0.15, -0.1) is 0 Å². The summed E-state index contributed by atoms with van der Waals surface area (Å²) < 4.78 is 1.06. The molecule has 23 heavy (non-hydrogen) atoms. The molecule has 0 N–H and O–H groups in total. The van der Waals surface area contributed by atoms with E-state index in [0.717, 1.165) is 22.3 Å². The SMILES string of the molecule is CC1c2ccc(Br)cc2SC(=O)CC1CCN1CCCCCC1. The van der Waals surface area contributed by atoms with Gasteiger partial charge in [-0.1, -0.05) is 53.5 Å². The van der Waals surface area contributed by atoms with Crippen LogP contribution in [-0.2, 0) is 4.79 Å². The monoisotopic (exact) mass is 395 g/mol. The van der Waals surface area contributed by atoms with Crippen molar-refractivity contribution in [3.63, 3.8) is 0 Å². The van der Waals surface area contributed by atoms with E-state index in [1.165, 1.54) is 56.1 Å². The number of carbonyl (C=O) groups is 1. The first-order valence-corrected chi connectivity index (χ1v) is 10.5. The Morgan fingerprint density at radius 2 is 1.96 bits per heavy atom. The number of hydrogen-bond donors (Lipinski definition) is 0. The highest BCUT2D eigenvalue weighted by atomic mass is 79.9. The third-order valence-corrected chi connectivity index (χ3v) is 6.80. The third kappa shape index (κ3) is 4.61. The standard InChI is InChI=1S/C19H26BrNOS/c1-14-15(8-11-21-9-4-2-3-5-10-21)12-19(22)23-18-13-16(20)6-7-17(14)18/h6-7,13-15H,2-5,8-12H2,1H3. The molecule has 1 fully saturated rings. The van der Waals surface area contributed by atoms with E-state index < -0.39 is 0 Å². The van der Waals surface area contributed by atoms with Crippen molar-refractivity contribution < 1.29 is 4.79 Å². The maximum absolute atomic E-state index is 12.4. The van der Waals surface area contributed by atoms with Crippen molar-refractivity contribution in [2.24, 2.45) is 5.92 Å². The molecule has 3 rings (SSSR count). The summed E-state index contributed by atoms with van der Waals surface area (Å²) in [7, 11) is 0. The number of rotatable bonds is 3. The van der Waals surface area contributed by atoms with Gasteiger partial charge in [-0.2, -0.15) is 0 Å². The lowest BCUT2D eigenvalue weighted by atomic mass is 9.83. The van der Waals surface area contributed by atoms with Crippen LogP contribution in [0.2, 0.25) is 0 Å². The van der Waals surface area contributed by atoms with Crippen LogP contribution in [0.1, 0.15) is 56.9 Å². The minimum atomic E-state index is 0.328.